The maximum atomic E-state index is 6.50. The van der Waals surface area contributed by atoms with Gasteiger partial charge in [-0.15, -0.1) is 21.8 Å². The van der Waals surface area contributed by atoms with Crippen molar-refractivity contribution >= 4 is 51.4 Å². The number of hydrogen-bond donors (Lipinski definition) is 1. The van der Waals surface area contributed by atoms with Gasteiger partial charge in [0.1, 0.15) is 28.7 Å². The number of halogens is 2. The predicted molar refractivity (Wildman–Crippen MR) is 114 cm³/mol. The van der Waals surface area contributed by atoms with E-state index in [9.17, 15) is 0 Å². The Balaban J connectivity index is 1.67. The highest BCUT2D eigenvalue weighted by Gasteiger charge is 2.17. The molecule has 0 saturated carbocycles. The van der Waals surface area contributed by atoms with Crippen molar-refractivity contribution < 1.29 is 9.47 Å². The first-order valence-electron chi connectivity index (χ1n) is 8.49. The molecule has 4 rings (SSSR count). The van der Waals surface area contributed by atoms with E-state index in [1.54, 1.807) is 25.0 Å². The van der Waals surface area contributed by atoms with Crippen molar-refractivity contribution in [2.75, 3.05) is 19.5 Å². The molecule has 0 atom stereocenters. The molecule has 0 amide bonds. The molecule has 8 nitrogen and oxygen atoms in total. The predicted octanol–water partition coefficient (Wildman–Crippen LogP) is 4.29. The summed E-state index contributed by atoms with van der Waals surface area (Å²) in [6, 6.07) is 5.65. The summed E-state index contributed by atoms with van der Waals surface area (Å²) in [7, 11) is 3.24. The summed E-state index contributed by atoms with van der Waals surface area (Å²) < 4.78 is 12.5. The quantitative estimate of drug-likeness (QED) is 0.420. The first-order chi connectivity index (χ1) is 14.1. The third-order valence-corrected chi connectivity index (χ3v) is 5.87. The highest BCUT2D eigenvalue weighted by molar-refractivity contribution is 7.13. The molecule has 0 unspecified atom stereocenters. The Kier molecular flexibility index (Phi) is 5.70. The van der Waals surface area contributed by atoms with Gasteiger partial charge in [-0.25, -0.2) is 9.97 Å². The third kappa shape index (κ3) is 3.81. The minimum Gasteiger partial charge on any atom is -0.497 e. The van der Waals surface area contributed by atoms with Crippen molar-refractivity contribution in [2.24, 2.45) is 0 Å². The van der Waals surface area contributed by atoms with Crippen molar-refractivity contribution in [3.63, 3.8) is 0 Å². The molecule has 0 saturated heterocycles. The molecule has 0 spiro atoms. The molecule has 1 aromatic carbocycles. The number of nitrogens with zero attached hydrogens (tertiary/aromatic N) is 5. The van der Waals surface area contributed by atoms with Gasteiger partial charge in [-0.05, 0) is 12.1 Å². The van der Waals surface area contributed by atoms with Gasteiger partial charge < -0.3 is 14.8 Å². The van der Waals surface area contributed by atoms with E-state index in [1.807, 2.05) is 18.2 Å². The van der Waals surface area contributed by atoms with Gasteiger partial charge >= 0.3 is 0 Å². The fourth-order valence-electron chi connectivity index (χ4n) is 2.87. The summed E-state index contributed by atoms with van der Waals surface area (Å²) in [4.78, 5) is 8.74. The lowest BCUT2D eigenvalue weighted by atomic mass is 10.2. The van der Waals surface area contributed by atoms with E-state index in [1.165, 1.54) is 17.7 Å². The van der Waals surface area contributed by atoms with E-state index >= 15 is 0 Å². The standard InChI is InChI=1S/C18H16Cl2N6O2S/c1-27-11-4-3-10(13(5-11)28-2)7-21-16-15-12(20)8-26(17(15)23-9-22-16)18-25-24-14(6-19)29-18/h3-5,8-9H,6-7H2,1-2H3,(H,21,22,23). The molecule has 0 aliphatic heterocycles. The van der Waals surface area contributed by atoms with Gasteiger partial charge in [0.2, 0.25) is 5.13 Å². The summed E-state index contributed by atoms with van der Waals surface area (Å²) >= 11 is 13.7. The van der Waals surface area contributed by atoms with Crippen LogP contribution in [0.5, 0.6) is 11.5 Å². The van der Waals surface area contributed by atoms with E-state index < -0.39 is 0 Å². The van der Waals surface area contributed by atoms with Crippen molar-refractivity contribution in [1.82, 2.24) is 24.7 Å². The third-order valence-electron chi connectivity index (χ3n) is 4.25. The lowest BCUT2D eigenvalue weighted by molar-refractivity contribution is 0.391. The van der Waals surface area contributed by atoms with Crippen LogP contribution >= 0.6 is 34.5 Å². The SMILES string of the molecule is COc1ccc(CNc2ncnc3c2c(Cl)cn3-c2nnc(CCl)s2)c(OC)c1. The molecule has 0 bridgehead atoms. The van der Waals surface area contributed by atoms with Gasteiger partial charge in [0.05, 0.1) is 30.5 Å². The van der Waals surface area contributed by atoms with E-state index in [0.717, 1.165) is 16.3 Å². The zero-order chi connectivity index (χ0) is 20.4. The number of methoxy groups -OCH3 is 2. The molecular formula is C18H16Cl2N6O2S. The summed E-state index contributed by atoms with van der Waals surface area (Å²) in [5, 5.41) is 14.1. The van der Waals surface area contributed by atoms with Gasteiger partial charge in [-0.2, -0.15) is 0 Å². The van der Waals surface area contributed by atoms with Gasteiger partial charge in [0, 0.05) is 24.4 Å². The van der Waals surface area contributed by atoms with Crippen LogP contribution in [-0.4, -0.2) is 39.0 Å². The Hall–Kier alpha value is -2.62. The largest absolute Gasteiger partial charge is 0.497 e. The van der Waals surface area contributed by atoms with Gasteiger partial charge in [0.15, 0.2) is 5.65 Å². The molecule has 0 aliphatic carbocycles. The topological polar surface area (TPSA) is 87.0 Å². The Morgan fingerprint density at radius 2 is 2.03 bits per heavy atom. The maximum absolute atomic E-state index is 6.50. The van der Waals surface area contributed by atoms with Crippen molar-refractivity contribution in [1.29, 1.82) is 0 Å². The monoisotopic (exact) mass is 450 g/mol. The van der Waals surface area contributed by atoms with Crippen LogP contribution in [0.2, 0.25) is 5.02 Å². The molecule has 29 heavy (non-hydrogen) atoms. The number of ether oxygens (including phenoxy) is 2. The Morgan fingerprint density at radius 3 is 2.76 bits per heavy atom. The van der Waals surface area contributed by atoms with Crippen LogP contribution in [0.25, 0.3) is 16.2 Å². The van der Waals surface area contributed by atoms with Crippen molar-refractivity contribution in [3.8, 4) is 16.6 Å². The lowest BCUT2D eigenvalue weighted by Crippen LogP contribution is -2.04. The highest BCUT2D eigenvalue weighted by Crippen LogP contribution is 2.33. The summed E-state index contributed by atoms with van der Waals surface area (Å²) in [5.41, 5.74) is 1.58. The maximum Gasteiger partial charge on any atom is 0.218 e. The van der Waals surface area contributed by atoms with Gasteiger partial charge in [0.25, 0.3) is 0 Å². The fourth-order valence-corrected chi connectivity index (χ4v) is 4.03. The number of anilines is 1. The number of rotatable bonds is 7. The second-order valence-corrected chi connectivity index (χ2v) is 7.63. The van der Waals surface area contributed by atoms with Crippen molar-refractivity contribution in [2.45, 2.75) is 12.4 Å². The second kappa shape index (κ2) is 8.40. The summed E-state index contributed by atoms with van der Waals surface area (Å²) in [6.45, 7) is 0.482. The number of alkyl halides is 1. The minimum atomic E-state index is 0.302. The molecule has 0 aliphatic rings. The average Bonchev–Trinajstić information content (AvgIpc) is 3.37. The molecule has 4 aromatic rings. The Morgan fingerprint density at radius 1 is 1.17 bits per heavy atom. The van der Waals surface area contributed by atoms with Crippen LogP contribution in [0.3, 0.4) is 0 Å². The van der Waals surface area contributed by atoms with E-state index in [4.69, 9.17) is 32.7 Å². The van der Waals surface area contributed by atoms with Crippen LogP contribution in [0.1, 0.15) is 10.6 Å². The second-order valence-electron chi connectivity index (χ2n) is 5.91. The molecule has 0 radical (unpaired) electrons. The van der Waals surface area contributed by atoms with Crippen molar-refractivity contribution in [3.05, 3.63) is 46.3 Å². The normalized spacial score (nSPS) is 11.0. The van der Waals surface area contributed by atoms with Crippen LogP contribution < -0.4 is 14.8 Å². The molecule has 3 aromatic heterocycles. The van der Waals surface area contributed by atoms with Crippen LogP contribution in [0.15, 0.2) is 30.7 Å². The number of benzene rings is 1. The van der Waals surface area contributed by atoms with Gasteiger partial charge in [-0.1, -0.05) is 22.9 Å². The number of aromatic nitrogens is 5. The minimum absolute atomic E-state index is 0.302. The Bertz CT molecular complexity index is 1160. The van der Waals surface area contributed by atoms with Crippen LogP contribution in [-0.2, 0) is 12.4 Å². The number of hydrogen-bond acceptors (Lipinski definition) is 8. The van der Waals surface area contributed by atoms with E-state index in [2.05, 4.69) is 25.5 Å². The molecule has 11 heteroatoms. The van der Waals surface area contributed by atoms with E-state index in [-0.39, 0.29) is 0 Å². The Labute approximate surface area is 180 Å². The summed E-state index contributed by atoms with van der Waals surface area (Å²) in [5.74, 6) is 2.35. The van der Waals surface area contributed by atoms with Crippen LogP contribution in [0, 0.1) is 0 Å². The first-order valence-corrected chi connectivity index (χ1v) is 10.2. The average molecular weight is 451 g/mol. The van der Waals surface area contributed by atoms with Crippen LogP contribution in [0.4, 0.5) is 5.82 Å². The molecule has 150 valence electrons. The molecular weight excluding hydrogens is 435 g/mol. The smallest absolute Gasteiger partial charge is 0.218 e. The van der Waals surface area contributed by atoms with E-state index in [0.29, 0.717) is 45.2 Å². The fraction of sp³-hybridized carbons (Fsp3) is 0.222. The number of fused-ring (bicyclic) bond motifs is 1. The molecule has 0 fully saturated rings. The molecule has 3 heterocycles. The first kappa shape index (κ1) is 19.7. The zero-order valence-electron chi connectivity index (χ0n) is 15.5. The highest BCUT2D eigenvalue weighted by atomic mass is 35.5. The molecule has 1 N–H and O–H groups in total. The number of nitrogens with one attached hydrogen (secondary N) is 1. The summed E-state index contributed by atoms with van der Waals surface area (Å²) in [6.07, 6.45) is 3.23. The van der Waals surface area contributed by atoms with Gasteiger partial charge in [-0.3, -0.25) is 4.57 Å². The zero-order valence-corrected chi connectivity index (χ0v) is 17.8. The lowest BCUT2D eigenvalue weighted by Gasteiger charge is -2.12.